The summed E-state index contributed by atoms with van der Waals surface area (Å²) in [6.45, 7) is 0. The molecule has 6 nitrogen and oxygen atoms in total. The van der Waals surface area contributed by atoms with Crippen molar-refractivity contribution >= 4 is 5.97 Å². The molecular weight excluding hydrogens is 390 g/mol. The van der Waals surface area contributed by atoms with Crippen LogP contribution < -0.4 is 5.56 Å². The fourth-order valence-electron chi connectivity index (χ4n) is 3.32. The van der Waals surface area contributed by atoms with Crippen LogP contribution in [-0.4, -0.2) is 22.6 Å². The second-order valence-corrected chi connectivity index (χ2v) is 6.71. The van der Waals surface area contributed by atoms with Gasteiger partial charge in [-0.15, -0.1) is 0 Å². The van der Waals surface area contributed by atoms with Crippen LogP contribution in [0.3, 0.4) is 0 Å². The van der Waals surface area contributed by atoms with Crippen molar-refractivity contribution in [3.05, 3.63) is 107 Å². The Bertz CT molecular complexity index is 1370. The molecule has 31 heavy (non-hydrogen) atoms. The molecule has 0 saturated heterocycles. The minimum atomic E-state index is -0.548. The summed E-state index contributed by atoms with van der Waals surface area (Å²) >= 11 is 0. The third-order valence-electron chi connectivity index (χ3n) is 4.83. The highest BCUT2D eigenvalue weighted by Crippen LogP contribution is 2.26. The molecule has 2 aromatic carbocycles. The fourth-order valence-corrected chi connectivity index (χ4v) is 3.32. The molecular formula is C25H17N3O3. The van der Waals surface area contributed by atoms with Gasteiger partial charge in [-0.05, 0) is 36.4 Å². The van der Waals surface area contributed by atoms with E-state index in [4.69, 9.17) is 4.74 Å². The Morgan fingerprint density at radius 3 is 2.45 bits per heavy atom. The number of nitrogens with zero attached hydrogens (tertiary/aromatic N) is 3. The molecule has 4 rings (SSSR count). The van der Waals surface area contributed by atoms with Gasteiger partial charge < -0.3 is 4.74 Å². The van der Waals surface area contributed by atoms with Gasteiger partial charge in [-0.1, -0.05) is 42.5 Å². The van der Waals surface area contributed by atoms with Gasteiger partial charge in [-0.25, -0.2) is 9.78 Å². The van der Waals surface area contributed by atoms with Crippen molar-refractivity contribution in [1.82, 2.24) is 9.55 Å². The van der Waals surface area contributed by atoms with E-state index in [0.717, 1.165) is 0 Å². The predicted octanol–water partition coefficient (Wildman–Crippen LogP) is 4.22. The Hall–Kier alpha value is -4.50. The van der Waals surface area contributed by atoms with Crippen molar-refractivity contribution in [3.63, 3.8) is 0 Å². The first-order valence-corrected chi connectivity index (χ1v) is 9.49. The summed E-state index contributed by atoms with van der Waals surface area (Å²) < 4.78 is 6.29. The summed E-state index contributed by atoms with van der Waals surface area (Å²) in [7, 11) is 1.29. The number of hydrogen-bond acceptors (Lipinski definition) is 5. The van der Waals surface area contributed by atoms with Crippen molar-refractivity contribution < 1.29 is 9.53 Å². The molecule has 0 radical (unpaired) electrons. The van der Waals surface area contributed by atoms with Crippen LogP contribution in [0.2, 0.25) is 0 Å². The maximum atomic E-state index is 13.4. The molecule has 150 valence electrons. The number of methoxy groups -OCH3 is 1. The molecule has 0 aliphatic heterocycles. The van der Waals surface area contributed by atoms with Crippen LogP contribution in [0.1, 0.15) is 16.1 Å². The highest BCUT2D eigenvalue weighted by atomic mass is 16.5. The van der Waals surface area contributed by atoms with Gasteiger partial charge in [0.25, 0.3) is 5.56 Å². The maximum absolute atomic E-state index is 13.4. The lowest BCUT2D eigenvalue weighted by Crippen LogP contribution is -2.20. The Kier molecular flexibility index (Phi) is 5.41. The predicted molar refractivity (Wildman–Crippen MR) is 117 cm³/mol. The minimum absolute atomic E-state index is 0.163. The largest absolute Gasteiger partial charge is 0.464 e. The van der Waals surface area contributed by atoms with Crippen molar-refractivity contribution in [1.29, 1.82) is 5.26 Å². The van der Waals surface area contributed by atoms with Gasteiger partial charge >= 0.3 is 5.97 Å². The van der Waals surface area contributed by atoms with Crippen LogP contribution in [0.4, 0.5) is 0 Å². The van der Waals surface area contributed by atoms with Crippen molar-refractivity contribution in [2.45, 2.75) is 0 Å². The summed E-state index contributed by atoms with van der Waals surface area (Å²) in [6.07, 6.45) is 1.68. The van der Waals surface area contributed by atoms with E-state index < -0.39 is 5.97 Å². The van der Waals surface area contributed by atoms with Gasteiger partial charge in [0.15, 0.2) is 0 Å². The summed E-state index contributed by atoms with van der Waals surface area (Å²) in [5.74, 6) is -0.548. The van der Waals surface area contributed by atoms with Crippen molar-refractivity contribution in [2.75, 3.05) is 7.11 Å². The van der Waals surface area contributed by atoms with Gasteiger partial charge in [0.2, 0.25) is 0 Å². The standard InChI is InChI=1S/C25H17N3O3/c1-31-25(30)23-13-7-12-22(27-23)18-14-21(20-11-6-5-8-17(20)15-26)24(29)28(16-18)19-9-3-2-4-10-19/h2-14,16H,1H3. The zero-order chi connectivity index (χ0) is 21.8. The smallest absolute Gasteiger partial charge is 0.356 e. The number of carbonyl (C=O) groups excluding carboxylic acids is 1. The van der Waals surface area contributed by atoms with Crippen molar-refractivity contribution in [2.24, 2.45) is 0 Å². The van der Waals surface area contributed by atoms with Crippen molar-refractivity contribution in [3.8, 4) is 34.1 Å². The van der Waals surface area contributed by atoms with Crippen LogP contribution in [0.25, 0.3) is 28.1 Å². The van der Waals surface area contributed by atoms with Gasteiger partial charge in [0.1, 0.15) is 5.69 Å². The summed E-state index contributed by atoms with van der Waals surface area (Å²) in [4.78, 5) is 29.7. The molecule has 0 fully saturated rings. The van der Waals surface area contributed by atoms with E-state index in [0.29, 0.717) is 33.6 Å². The molecule has 2 aromatic heterocycles. The molecule has 6 heteroatoms. The highest BCUT2D eigenvalue weighted by molar-refractivity contribution is 5.88. The summed E-state index contributed by atoms with van der Waals surface area (Å²) in [5, 5.41) is 9.55. The Morgan fingerprint density at radius 1 is 0.968 bits per heavy atom. The molecule has 0 bridgehead atoms. The van der Waals surface area contributed by atoms with Crippen LogP contribution in [0.5, 0.6) is 0 Å². The molecule has 0 spiro atoms. The molecule has 4 aromatic rings. The van der Waals surface area contributed by atoms with Crippen LogP contribution >= 0.6 is 0 Å². The number of hydrogen-bond donors (Lipinski definition) is 0. The molecule has 0 aliphatic carbocycles. The average molecular weight is 407 g/mol. The van der Waals surface area contributed by atoms with E-state index in [9.17, 15) is 14.9 Å². The first-order chi connectivity index (χ1) is 15.1. The quantitative estimate of drug-likeness (QED) is 0.473. The lowest BCUT2D eigenvalue weighted by Gasteiger charge is -2.13. The number of rotatable bonds is 4. The average Bonchev–Trinajstić information content (AvgIpc) is 2.84. The SMILES string of the molecule is COC(=O)c1cccc(-c2cc(-c3ccccc3C#N)c(=O)n(-c3ccccc3)c2)n1. The normalized spacial score (nSPS) is 10.3. The van der Waals surface area contributed by atoms with Gasteiger partial charge in [0, 0.05) is 28.6 Å². The number of esters is 1. The number of ether oxygens (including phenoxy) is 1. The number of benzene rings is 2. The lowest BCUT2D eigenvalue weighted by molar-refractivity contribution is 0.0594. The van der Waals surface area contributed by atoms with Gasteiger partial charge in [-0.3, -0.25) is 9.36 Å². The van der Waals surface area contributed by atoms with E-state index in [2.05, 4.69) is 11.1 Å². The van der Waals surface area contributed by atoms with E-state index >= 15 is 0 Å². The molecule has 2 heterocycles. The van der Waals surface area contributed by atoms with E-state index in [-0.39, 0.29) is 11.3 Å². The number of nitriles is 1. The number of carbonyl (C=O) groups is 1. The first-order valence-electron chi connectivity index (χ1n) is 9.49. The Labute approximate surface area is 178 Å². The van der Waals surface area contributed by atoms with Gasteiger partial charge in [-0.2, -0.15) is 5.26 Å². The van der Waals surface area contributed by atoms with Crippen LogP contribution in [0.15, 0.2) is 89.9 Å². The third kappa shape index (κ3) is 3.85. The van der Waals surface area contributed by atoms with Crippen LogP contribution in [0, 0.1) is 11.3 Å². The minimum Gasteiger partial charge on any atom is -0.464 e. The van der Waals surface area contributed by atoms with Gasteiger partial charge in [0.05, 0.1) is 24.4 Å². The van der Waals surface area contributed by atoms with E-state index in [1.807, 2.05) is 30.3 Å². The fraction of sp³-hybridized carbons (Fsp3) is 0.0400. The molecule has 0 aliphatic rings. The molecule has 0 atom stereocenters. The monoisotopic (exact) mass is 407 g/mol. The molecule has 0 unspecified atom stereocenters. The second kappa shape index (κ2) is 8.47. The molecule has 0 saturated carbocycles. The van der Waals surface area contributed by atoms with E-state index in [1.165, 1.54) is 11.7 Å². The number of pyridine rings is 2. The Morgan fingerprint density at radius 2 is 1.71 bits per heavy atom. The lowest BCUT2D eigenvalue weighted by atomic mass is 9.99. The topological polar surface area (TPSA) is 85.0 Å². The second-order valence-electron chi connectivity index (χ2n) is 6.71. The number of aromatic nitrogens is 2. The molecule has 0 N–H and O–H groups in total. The maximum Gasteiger partial charge on any atom is 0.356 e. The molecule has 0 amide bonds. The van der Waals surface area contributed by atoms with E-state index in [1.54, 1.807) is 54.7 Å². The summed E-state index contributed by atoms with van der Waals surface area (Å²) in [5.41, 5.74) is 3.00. The first kappa shape index (κ1) is 19.8. The zero-order valence-electron chi connectivity index (χ0n) is 16.6. The van der Waals surface area contributed by atoms with Crippen LogP contribution in [-0.2, 0) is 4.74 Å². The zero-order valence-corrected chi connectivity index (χ0v) is 16.6. The summed E-state index contributed by atoms with van der Waals surface area (Å²) in [6, 6.07) is 25.0. The highest BCUT2D eigenvalue weighted by Gasteiger charge is 2.16. The third-order valence-corrected chi connectivity index (χ3v) is 4.83. The number of para-hydroxylation sites is 1. The Balaban J connectivity index is 2.01.